The maximum Gasteiger partial charge on any atom is 0.243 e. The van der Waals surface area contributed by atoms with E-state index in [9.17, 15) is 0 Å². The van der Waals surface area contributed by atoms with Crippen LogP contribution < -0.4 is 5.73 Å². The van der Waals surface area contributed by atoms with Crippen LogP contribution in [0.4, 0.5) is 0 Å². The highest BCUT2D eigenvalue weighted by Gasteiger charge is 2.24. The fraction of sp³-hybridized carbons (Fsp3) is 0.800. The van der Waals surface area contributed by atoms with E-state index < -0.39 is 0 Å². The highest BCUT2D eigenvalue weighted by molar-refractivity contribution is 7.99. The number of hydrogen-bond donors (Lipinski definition) is 1. The topological polar surface area (TPSA) is 64.9 Å². The van der Waals surface area contributed by atoms with Crippen LogP contribution in [0.25, 0.3) is 0 Å². The summed E-state index contributed by atoms with van der Waals surface area (Å²) >= 11 is 1.91. The molecular formula is C10H17N3OS. The monoisotopic (exact) mass is 227 g/mol. The molecule has 1 fully saturated rings. The first kappa shape index (κ1) is 11.0. The van der Waals surface area contributed by atoms with Crippen molar-refractivity contribution in [1.29, 1.82) is 0 Å². The molecule has 1 aromatic rings. The minimum absolute atomic E-state index is 0.0948. The third-order valence-corrected chi connectivity index (χ3v) is 3.97. The molecule has 0 aliphatic carbocycles. The van der Waals surface area contributed by atoms with Crippen LogP contribution in [0.15, 0.2) is 4.52 Å². The molecule has 2 rings (SSSR count). The van der Waals surface area contributed by atoms with Crippen LogP contribution in [-0.2, 0) is 0 Å². The zero-order chi connectivity index (χ0) is 10.7. The average molecular weight is 227 g/mol. The van der Waals surface area contributed by atoms with E-state index >= 15 is 0 Å². The highest BCUT2D eigenvalue weighted by atomic mass is 32.2. The first-order chi connectivity index (χ1) is 7.31. The molecule has 0 amide bonds. The van der Waals surface area contributed by atoms with E-state index in [0.29, 0.717) is 11.1 Å². The standard InChI is InChI=1S/C10H17N3OS/c1-2-4-7(11)10-12-9(13-14-10)8-5-3-6-15-8/h7-8H,2-6,11H2,1H3/t7-,8?/m0/s1. The van der Waals surface area contributed by atoms with Gasteiger partial charge < -0.3 is 10.3 Å². The molecule has 1 aromatic heterocycles. The van der Waals surface area contributed by atoms with Crippen molar-refractivity contribution < 1.29 is 4.52 Å². The first-order valence-corrected chi connectivity index (χ1v) is 6.56. The second-order valence-electron chi connectivity index (χ2n) is 3.89. The van der Waals surface area contributed by atoms with Gasteiger partial charge in [-0.25, -0.2) is 0 Å². The summed E-state index contributed by atoms with van der Waals surface area (Å²) in [6, 6.07) is -0.0948. The molecule has 15 heavy (non-hydrogen) atoms. The van der Waals surface area contributed by atoms with Gasteiger partial charge in [-0.15, -0.1) is 0 Å². The van der Waals surface area contributed by atoms with E-state index in [1.54, 1.807) is 0 Å². The molecule has 2 N–H and O–H groups in total. The summed E-state index contributed by atoms with van der Waals surface area (Å²) in [6.45, 7) is 2.10. The van der Waals surface area contributed by atoms with Crippen molar-refractivity contribution in [2.24, 2.45) is 5.73 Å². The molecule has 1 aliphatic heterocycles. The molecule has 84 valence electrons. The Morgan fingerprint density at radius 3 is 3.20 bits per heavy atom. The molecule has 0 saturated carbocycles. The normalized spacial score (nSPS) is 23.2. The summed E-state index contributed by atoms with van der Waals surface area (Å²) in [6.07, 6.45) is 4.35. The lowest BCUT2D eigenvalue weighted by molar-refractivity contribution is 0.344. The Bertz CT molecular complexity index is 309. The average Bonchev–Trinajstić information content (AvgIpc) is 2.89. The van der Waals surface area contributed by atoms with Gasteiger partial charge in [-0.3, -0.25) is 0 Å². The Morgan fingerprint density at radius 1 is 1.67 bits per heavy atom. The Hall–Kier alpha value is -0.550. The predicted octanol–water partition coefficient (Wildman–Crippen LogP) is 2.44. The van der Waals surface area contributed by atoms with E-state index in [1.807, 2.05) is 11.8 Å². The van der Waals surface area contributed by atoms with Crippen LogP contribution in [0.1, 0.15) is 55.6 Å². The van der Waals surface area contributed by atoms with Gasteiger partial charge in [0, 0.05) is 0 Å². The maximum atomic E-state index is 5.91. The van der Waals surface area contributed by atoms with Crippen LogP contribution in [0.2, 0.25) is 0 Å². The summed E-state index contributed by atoms with van der Waals surface area (Å²) in [5.74, 6) is 2.63. The van der Waals surface area contributed by atoms with E-state index in [-0.39, 0.29) is 6.04 Å². The molecule has 0 radical (unpaired) electrons. The van der Waals surface area contributed by atoms with E-state index in [0.717, 1.165) is 25.1 Å². The molecule has 1 aliphatic rings. The van der Waals surface area contributed by atoms with Crippen molar-refractivity contribution in [3.8, 4) is 0 Å². The zero-order valence-corrected chi connectivity index (χ0v) is 9.80. The number of thioether (sulfide) groups is 1. The predicted molar refractivity (Wildman–Crippen MR) is 60.6 cm³/mol. The summed E-state index contributed by atoms with van der Waals surface area (Å²) in [5.41, 5.74) is 5.91. The SMILES string of the molecule is CCC[C@H](N)c1nc(C2CCCS2)no1. The number of aromatic nitrogens is 2. The van der Waals surface area contributed by atoms with Gasteiger partial charge in [0.1, 0.15) is 0 Å². The molecule has 0 aromatic carbocycles. The lowest BCUT2D eigenvalue weighted by atomic mass is 10.2. The molecule has 0 bridgehead atoms. The van der Waals surface area contributed by atoms with Crippen LogP contribution in [-0.4, -0.2) is 15.9 Å². The molecular weight excluding hydrogens is 210 g/mol. The van der Waals surface area contributed by atoms with Crippen molar-refractivity contribution in [1.82, 2.24) is 10.1 Å². The second-order valence-corrected chi connectivity index (χ2v) is 5.20. The summed E-state index contributed by atoms with van der Waals surface area (Å²) in [5, 5.41) is 4.44. The number of nitrogens with two attached hydrogens (primary N) is 1. The van der Waals surface area contributed by atoms with E-state index in [1.165, 1.54) is 12.2 Å². The van der Waals surface area contributed by atoms with Crippen molar-refractivity contribution in [3.05, 3.63) is 11.7 Å². The van der Waals surface area contributed by atoms with Gasteiger partial charge in [0.2, 0.25) is 5.89 Å². The Morgan fingerprint density at radius 2 is 2.53 bits per heavy atom. The quantitative estimate of drug-likeness (QED) is 0.855. The minimum Gasteiger partial charge on any atom is -0.338 e. The van der Waals surface area contributed by atoms with Crippen LogP contribution >= 0.6 is 11.8 Å². The summed E-state index contributed by atoms with van der Waals surface area (Å²) in [7, 11) is 0. The van der Waals surface area contributed by atoms with Gasteiger partial charge in [-0.05, 0) is 25.0 Å². The molecule has 1 saturated heterocycles. The van der Waals surface area contributed by atoms with Crippen molar-refractivity contribution >= 4 is 11.8 Å². The largest absolute Gasteiger partial charge is 0.338 e. The van der Waals surface area contributed by atoms with Gasteiger partial charge in [-0.2, -0.15) is 16.7 Å². The Balaban J connectivity index is 2.02. The minimum atomic E-state index is -0.0948. The van der Waals surface area contributed by atoms with E-state index in [2.05, 4.69) is 17.1 Å². The molecule has 5 heteroatoms. The Kier molecular flexibility index (Phi) is 3.64. The molecule has 1 unspecified atom stereocenters. The maximum absolute atomic E-state index is 5.91. The van der Waals surface area contributed by atoms with Gasteiger partial charge in [0.05, 0.1) is 11.3 Å². The molecule has 4 nitrogen and oxygen atoms in total. The number of nitrogens with zero attached hydrogens (tertiary/aromatic N) is 2. The highest BCUT2D eigenvalue weighted by Crippen LogP contribution is 2.38. The molecule has 2 heterocycles. The van der Waals surface area contributed by atoms with Gasteiger partial charge in [0.25, 0.3) is 0 Å². The van der Waals surface area contributed by atoms with Gasteiger partial charge in [-0.1, -0.05) is 18.5 Å². The number of hydrogen-bond acceptors (Lipinski definition) is 5. The van der Waals surface area contributed by atoms with Gasteiger partial charge in [0.15, 0.2) is 5.82 Å². The summed E-state index contributed by atoms with van der Waals surface area (Å²) in [4.78, 5) is 4.39. The second kappa shape index (κ2) is 4.99. The Labute approximate surface area is 94.0 Å². The van der Waals surface area contributed by atoms with Crippen LogP contribution in [0, 0.1) is 0 Å². The van der Waals surface area contributed by atoms with Crippen molar-refractivity contribution in [3.63, 3.8) is 0 Å². The summed E-state index contributed by atoms with van der Waals surface area (Å²) < 4.78 is 5.19. The lowest BCUT2D eigenvalue weighted by Gasteiger charge is -2.03. The van der Waals surface area contributed by atoms with Gasteiger partial charge >= 0.3 is 0 Å². The molecule has 2 atom stereocenters. The lowest BCUT2D eigenvalue weighted by Crippen LogP contribution is -2.10. The van der Waals surface area contributed by atoms with Crippen LogP contribution in [0.3, 0.4) is 0 Å². The third-order valence-electron chi connectivity index (χ3n) is 2.59. The van der Waals surface area contributed by atoms with Crippen LogP contribution in [0.5, 0.6) is 0 Å². The van der Waals surface area contributed by atoms with Crippen molar-refractivity contribution in [2.75, 3.05) is 5.75 Å². The van der Waals surface area contributed by atoms with E-state index in [4.69, 9.17) is 10.3 Å². The fourth-order valence-electron chi connectivity index (χ4n) is 1.74. The smallest absolute Gasteiger partial charge is 0.243 e. The fourth-order valence-corrected chi connectivity index (χ4v) is 2.94. The number of rotatable bonds is 4. The molecule has 0 spiro atoms. The van der Waals surface area contributed by atoms with Crippen molar-refractivity contribution in [2.45, 2.75) is 43.9 Å². The zero-order valence-electron chi connectivity index (χ0n) is 8.98. The third kappa shape index (κ3) is 2.52. The first-order valence-electron chi connectivity index (χ1n) is 5.52.